The summed E-state index contributed by atoms with van der Waals surface area (Å²) in [6.45, 7) is 0.429. The topological polar surface area (TPSA) is 34.5 Å². The molecule has 4 heteroatoms. The first-order valence-electron chi connectivity index (χ1n) is 5.14. The third-order valence-corrected chi connectivity index (χ3v) is 2.38. The number of hydrogen-bond donors (Lipinski definition) is 0. The van der Waals surface area contributed by atoms with Crippen LogP contribution in [0, 0.1) is 0 Å². The van der Waals surface area contributed by atoms with Crippen LogP contribution in [0.2, 0.25) is 5.02 Å². The van der Waals surface area contributed by atoms with Crippen molar-refractivity contribution in [3.05, 3.63) is 64.9 Å². The maximum absolute atomic E-state index is 5.78. The highest BCUT2D eigenvalue weighted by atomic mass is 35.5. The molecular formula is C13H11ClN2O. The molecule has 0 radical (unpaired) electrons. The van der Waals surface area contributed by atoms with Crippen molar-refractivity contribution in [2.75, 3.05) is 0 Å². The van der Waals surface area contributed by atoms with E-state index in [4.69, 9.17) is 16.4 Å². The van der Waals surface area contributed by atoms with E-state index in [2.05, 4.69) is 10.1 Å². The highest BCUT2D eigenvalue weighted by molar-refractivity contribution is 6.30. The fraction of sp³-hybridized carbons (Fsp3) is 0.0769. The van der Waals surface area contributed by atoms with E-state index >= 15 is 0 Å². The minimum absolute atomic E-state index is 0.429. The molecule has 3 nitrogen and oxygen atoms in total. The second kappa shape index (κ2) is 6.01. The van der Waals surface area contributed by atoms with Crippen LogP contribution in [0.15, 0.2) is 53.9 Å². The molecule has 0 N–H and O–H groups in total. The number of benzene rings is 1. The molecule has 1 aromatic carbocycles. The van der Waals surface area contributed by atoms with Gasteiger partial charge in [-0.05, 0) is 35.4 Å². The van der Waals surface area contributed by atoms with Gasteiger partial charge in [-0.3, -0.25) is 4.98 Å². The zero-order valence-corrected chi connectivity index (χ0v) is 9.84. The van der Waals surface area contributed by atoms with E-state index in [-0.39, 0.29) is 0 Å². The quantitative estimate of drug-likeness (QED) is 0.613. The second-order valence-electron chi connectivity index (χ2n) is 3.41. The molecule has 0 amide bonds. The fourth-order valence-electron chi connectivity index (χ4n) is 1.24. The van der Waals surface area contributed by atoms with Crippen molar-refractivity contribution in [3.8, 4) is 0 Å². The van der Waals surface area contributed by atoms with Gasteiger partial charge in [0, 0.05) is 17.4 Å². The minimum atomic E-state index is 0.429. The molecule has 0 bridgehead atoms. The van der Waals surface area contributed by atoms with E-state index < -0.39 is 0 Å². The third-order valence-electron chi connectivity index (χ3n) is 2.13. The largest absolute Gasteiger partial charge is 0.391 e. The number of nitrogens with zero attached hydrogens (tertiary/aromatic N) is 2. The van der Waals surface area contributed by atoms with Gasteiger partial charge in [0.25, 0.3) is 0 Å². The standard InChI is InChI=1S/C13H11ClN2O/c14-13-3-1-12(2-4-13)10-17-16-9-11-5-7-15-8-6-11/h1-9H,10H2/b16-9-. The van der Waals surface area contributed by atoms with Gasteiger partial charge < -0.3 is 4.84 Å². The Balaban J connectivity index is 1.84. The molecule has 0 aliphatic rings. The number of hydrogen-bond acceptors (Lipinski definition) is 3. The van der Waals surface area contributed by atoms with Crippen LogP contribution >= 0.6 is 11.6 Å². The molecule has 0 fully saturated rings. The highest BCUT2D eigenvalue weighted by Crippen LogP contribution is 2.10. The summed E-state index contributed by atoms with van der Waals surface area (Å²) < 4.78 is 0. The van der Waals surface area contributed by atoms with E-state index in [9.17, 15) is 0 Å². The zero-order valence-electron chi connectivity index (χ0n) is 9.08. The predicted molar refractivity (Wildman–Crippen MR) is 68.1 cm³/mol. The van der Waals surface area contributed by atoms with Gasteiger partial charge >= 0.3 is 0 Å². The Bertz CT molecular complexity index is 483. The van der Waals surface area contributed by atoms with Crippen molar-refractivity contribution in [2.45, 2.75) is 6.61 Å². The molecule has 0 atom stereocenters. The molecular weight excluding hydrogens is 236 g/mol. The molecule has 0 saturated carbocycles. The van der Waals surface area contributed by atoms with E-state index in [0.717, 1.165) is 11.1 Å². The summed E-state index contributed by atoms with van der Waals surface area (Å²) in [4.78, 5) is 9.08. The molecule has 1 aromatic heterocycles. The molecule has 2 rings (SSSR count). The van der Waals surface area contributed by atoms with E-state index in [0.29, 0.717) is 11.6 Å². The van der Waals surface area contributed by atoms with Crippen LogP contribution in [0.1, 0.15) is 11.1 Å². The third kappa shape index (κ3) is 3.89. The SMILES string of the molecule is Clc1ccc(CO/N=C\c2ccncc2)cc1. The summed E-state index contributed by atoms with van der Waals surface area (Å²) in [7, 11) is 0. The van der Waals surface area contributed by atoms with Crippen LogP contribution in [0.25, 0.3) is 0 Å². The van der Waals surface area contributed by atoms with E-state index in [1.54, 1.807) is 18.6 Å². The number of pyridine rings is 1. The summed E-state index contributed by atoms with van der Waals surface area (Å²) in [5, 5.41) is 4.59. The molecule has 0 unspecified atom stereocenters. The Morgan fingerprint density at radius 3 is 2.53 bits per heavy atom. The van der Waals surface area contributed by atoms with Crippen molar-refractivity contribution in [2.24, 2.45) is 5.16 Å². The first-order valence-corrected chi connectivity index (χ1v) is 5.52. The second-order valence-corrected chi connectivity index (χ2v) is 3.85. The van der Waals surface area contributed by atoms with Gasteiger partial charge in [-0.1, -0.05) is 28.9 Å². The summed E-state index contributed by atoms with van der Waals surface area (Å²) in [6, 6.07) is 11.2. The highest BCUT2D eigenvalue weighted by Gasteiger charge is 1.92. The Labute approximate surface area is 105 Å². The van der Waals surface area contributed by atoms with E-state index in [1.807, 2.05) is 36.4 Å². The monoisotopic (exact) mass is 246 g/mol. The number of aromatic nitrogens is 1. The summed E-state index contributed by atoms with van der Waals surface area (Å²) in [6.07, 6.45) is 5.07. The van der Waals surface area contributed by atoms with Crippen molar-refractivity contribution >= 4 is 17.8 Å². The van der Waals surface area contributed by atoms with Gasteiger partial charge in [-0.2, -0.15) is 0 Å². The first kappa shape index (κ1) is 11.6. The van der Waals surface area contributed by atoms with Crippen LogP contribution in [-0.4, -0.2) is 11.2 Å². The van der Waals surface area contributed by atoms with Crippen LogP contribution in [0.5, 0.6) is 0 Å². The van der Waals surface area contributed by atoms with Crippen molar-refractivity contribution in [1.29, 1.82) is 0 Å². The van der Waals surface area contributed by atoms with Crippen molar-refractivity contribution in [1.82, 2.24) is 4.98 Å². The first-order chi connectivity index (χ1) is 8.34. The number of oxime groups is 1. The summed E-state index contributed by atoms with van der Waals surface area (Å²) in [5.41, 5.74) is 1.98. The van der Waals surface area contributed by atoms with Gasteiger partial charge in [-0.25, -0.2) is 0 Å². The molecule has 0 aliphatic carbocycles. The summed E-state index contributed by atoms with van der Waals surface area (Å²) in [5.74, 6) is 0. The van der Waals surface area contributed by atoms with E-state index in [1.165, 1.54) is 0 Å². The van der Waals surface area contributed by atoms with Crippen LogP contribution in [0.3, 0.4) is 0 Å². The Kier molecular flexibility index (Phi) is 4.11. The molecule has 1 heterocycles. The Morgan fingerprint density at radius 2 is 1.82 bits per heavy atom. The van der Waals surface area contributed by atoms with Crippen LogP contribution in [-0.2, 0) is 11.4 Å². The van der Waals surface area contributed by atoms with Crippen molar-refractivity contribution < 1.29 is 4.84 Å². The molecule has 2 aromatic rings. The zero-order chi connectivity index (χ0) is 11.9. The number of rotatable bonds is 4. The maximum atomic E-state index is 5.78. The van der Waals surface area contributed by atoms with Gasteiger partial charge in [0.05, 0.1) is 6.21 Å². The minimum Gasteiger partial charge on any atom is -0.391 e. The Morgan fingerprint density at radius 1 is 1.12 bits per heavy atom. The maximum Gasteiger partial charge on any atom is 0.142 e. The van der Waals surface area contributed by atoms with Gasteiger partial charge in [0.1, 0.15) is 6.61 Å². The average molecular weight is 247 g/mol. The molecule has 0 saturated heterocycles. The average Bonchev–Trinajstić information content (AvgIpc) is 2.38. The van der Waals surface area contributed by atoms with Gasteiger partial charge in [-0.15, -0.1) is 0 Å². The molecule has 17 heavy (non-hydrogen) atoms. The summed E-state index contributed by atoms with van der Waals surface area (Å²) >= 11 is 5.78. The van der Waals surface area contributed by atoms with Crippen molar-refractivity contribution in [3.63, 3.8) is 0 Å². The lowest BCUT2D eigenvalue weighted by Gasteiger charge is -1.99. The lowest BCUT2D eigenvalue weighted by Crippen LogP contribution is -1.88. The van der Waals surface area contributed by atoms with Gasteiger partial charge in [0.15, 0.2) is 0 Å². The fourth-order valence-corrected chi connectivity index (χ4v) is 1.37. The smallest absolute Gasteiger partial charge is 0.142 e. The van der Waals surface area contributed by atoms with Crippen LogP contribution in [0.4, 0.5) is 0 Å². The molecule has 0 aliphatic heterocycles. The van der Waals surface area contributed by atoms with Gasteiger partial charge in [0.2, 0.25) is 0 Å². The molecule has 86 valence electrons. The normalized spacial score (nSPS) is 10.6. The Hall–Kier alpha value is -1.87. The lowest BCUT2D eigenvalue weighted by atomic mass is 10.2. The molecule has 0 spiro atoms. The lowest BCUT2D eigenvalue weighted by molar-refractivity contribution is 0.132. The number of halogens is 1. The predicted octanol–water partition coefficient (Wildman–Crippen LogP) is 3.29. The van der Waals surface area contributed by atoms with Crippen LogP contribution < -0.4 is 0 Å².